The predicted molar refractivity (Wildman–Crippen MR) is 76.5 cm³/mol. The van der Waals surface area contributed by atoms with E-state index in [1.807, 2.05) is 32.0 Å². The van der Waals surface area contributed by atoms with E-state index >= 15 is 0 Å². The minimum atomic E-state index is -4.41. The maximum Gasteiger partial charge on any atom is 0.416 e. The Kier molecular flexibility index (Phi) is 4.11. The number of hydrogen-bond acceptors (Lipinski definition) is 2. The second-order valence-corrected chi connectivity index (χ2v) is 5.08. The molecule has 0 saturated carbocycles. The molecule has 0 aliphatic carbocycles. The zero-order valence-corrected chi connectivity index (χ0v) is 11.7. The third-order valence-electron chi connectivity index (χ3n) is 3.09. The Balaban J connectivity index is 2.26. The highest BCUT2D eigenvalue weighted by Crippen LogP contribution is 2.35. The molecule has 21 heavy (non-hydrogen) atoms. The number of nitrogen functional groups attached to an aromatic ring is 1. The average Bonchev–Trinajstić information content (AvgIpc) is 2.40. The van der Waals surface area contributed by atoms with Gasteiger partial charge in [0.2, 0.25) is 0 Å². The van der Waals surface area contributed by atoms with Crippen LogP contribution in [-0.2, 0) is 6.18 Å². The first-order valence-electron chi connectivity index (χ1n) is 6.52. The summed E-state index contributed by atoms with van der Waals surface area (Å²) in [5.74, 6) is 1.09. The highest BCUT2D eigenvalue weighted by molar-refractivity contribution is 5.56. The number of anilines is 1. The van der Waals surface area contributed by atoms with Crippen LogP contribution in [-0.4, -0.2) is 0 Å². The lowest BCUT2D eigenvalue weighted by Gasteiger charge is -2.13. The maximum atomic E-state index is 12.6. The number of ether oxygens (including phenoxy) is 1. The van der Waals surface area contributed by atoms with E-state index in [0.717, 1.165) is 17.7 Å². The molecule has 0 spiro atoms. The van der Waals surface area contributed by atoms with Crippen LogP contribution in [0.5, 0.6) is 11.5 Å². The lowest BCUT2D eigenvalue weighted by Crippen LogP contribution is -2.06. The largest absolute Gasteiger partial charge is 0.455 e. The lowest BCUT2D eigenvalue weighted by atomic mass is 10.0. The Morgan fingerprint density at radius 3 is 2.33 bits per heavy atom. The highest BCUT2D eigenvalue weighted by Gasteiger charge is 2.30. The zero-order valence-electron chi connectivity index (χ0n) is 11.7. The fraction of sp³-hybridized carbons (Fsp3) is 0.250. The smallest absolute Gasteiger partial charge is 0.416 e. The molecular weight excluding hydrogens is 279 g/mol. The number of benzene rings is 2. The van der Waals surface area contributed by atoms with Crippen LogP contribution in [0.1, 0.15) is 30.9 Å². The van der Waals surface area contributed by atoms with Gasteiger partial charge in [-0.1, -0.05) is 26.0 Å². The maximum absolute atomic E-state index is 12.6. The lowest BCUT2D eigenvalue weighted by molar-refractivity contribution is -0.137. The van der Waals surface area contributed by atoms with Crippen molar-refractivity contribution in [2.24, 2.45) is 0 Å². The van der Waals surface area contributed by atoms with Crippen LogP contribution >= 0.6 is 0 Å². The van der Waals surface area contributed by atoms with Crippen molar-refractivity contribution in [3.05, 3.63) is 53.6 Å². The van der Waals surface area contributed by atoms with E-state index in [0.29, 0.717) is 11.7 Å². The summed E-state index contributed by atoms with van der Waals surface area (Å²) in [6.07, 6.45) is -4.41. The van der Waals surface area contributed by atoms with E-state index in [1.54, 1.807) is 6.07 Å². The van der Waals surface area contributed by atoms with Gasteiger partial charge in [-0.25, -0.2) is 0 Å². The molecule has 2 N–H and O–H groups in total. The first-order valence-corrected chi connectivity index (χ1v) is 6.52. The van der Waals surface area contributed by atoms with E-state index in [4.69, 9.17) is 10.5 Å². The summed E-state index contributed by atoms with van der Waals surface area (Å²) in [6.45, 7) is 4.09. The number of rotatable bonds is 3. The molecule has 2 aromatic carbocycles. The molecule has 0 amide bonds. The van der Waals surface area contributed by atoms with Gasteiger partial charge in [0.25, 0.3) is 0 Å². The SMILES string of the molecule is CC(C)c1cccc(Oc2ccc(C(F)(F)F)cc2N)c1. The Hall–Kier alpha value is -2.17. The Bertz CT molecular complexity index is 636. The molecule has 5 heteroatoms. The molecule has 0 aliphatic rings. The van der Waals surface area contributed by atoms with Gasteiger partial charge in [0.1, 0.15) is 11.5 Å². The van der Waals surface area contributed by atoms with Crippen molar-refractivity contribution in [2.75, 3.05) is 5.73 Å². The molecule has 0 aromatic heterocycles. The third kappa shape index (κ3) is 3.68. The minimum Gasteiger partial charge on any atom is -0.455 e. The highest BCUT2D eigenvalue weighted by atomic mass is 19.4. The van der Waals surface area contributed by atoms with Gasteiger partial charge in [-0.15, -0.1) is 0 Å². The Morgan fingerprint density at radius 2 is 1.76 bits per heavy atom. The Morgan fingerprint density at radius 1 is 1.05 bits per heavy atom. The summed E-state index contributed by atoms with van der Waals surface area (Å²) >= 11 is 0. The van der Waals surface area contributed by atoms with Gasteiger partial charge in [-0.05, 0) is 41.8 Å². The second kappa shape index (κ2) is 5.68. The Labute approximate surface area is 121 Å². The van der Waals surface area contributed by atoms with Crippen molar-refractivity contribution < 1.29 is 17.9 Å². The molecule has 0 fully saturated rings. The zero-order chi connectivity index (χ0) is 15.6. The van der Waals surface area contributed by atoms with Crippen LogP contribution in [0.2, 0.25) is 0 Å². The number of hydrogen-bond donors (Lipinski definition) is 1. The van der Waals surface area contributed by atoms with E-state index in [-0.39, 0.29) is 11.4 Å². The molecule has 0 radical (unpaired) electrons. The van der Waals surface area contributed by atoms with Crippen LogP contribution in [0.4, 0.5) is 18.9 Å². The van der Waals surface area contributed by atoms with Crippen molar-refractivity contribution in [1.82, 2.24) is 0 Å². The van der Waals surface area contributed by atoms with Crippen molar-refractivity contribution in [1.29, 1.82) is 0 Å². The molecule has 112 valence electrons. The quantitative estimate of drug-likeness (QED) is 0.789. The molecular formula is C16H16F3NO. The summed E-state index contributed by atoms with van der Waals surface area (Å²) in [7, 11) is 0. The summed E-state index contributed by atoms with van der Waals surface area (Å²) < 4.78 is 43.3. The predicted octanol–water partition coefficient (Wildman–Crippen LogP) is 5.20. The minimum absolute atomic E-state index is 0.0419. The number of halogens is 3. The van der Waals surface area contributed by atoms with Gasteiger partial charge in [0.15, 0.2) is 0 Å². The monoisotopic (exact) mass is 295 g/mol. The average molecular weight is 295 g/mol. The van der Waals surface area contributed by atoms with Gasteiger partial charge < -0.3 is 10.5 Å². The van der Waals surface area contributed by atoms with Crippen molar-refractivity contribution in [3.63, 3.8) is 0 Å². The molecule has 0 atom stereocenters. The van der Waals surface area contributed by atoms with Crippen LogP contribution in [0.3, 0.4) is 0 Å². The van der Waals surface area contributed by atoms with Gasteiger partial charge >= 0.3 is 6.18 Å². The standard InChI is InChI=1S/C16H16F3NO/c1-10(2)11-4-3-5-13(8-11)21-15-7-6-12(9-14(15)20)16(17,18)19/h3-10H,20H2,1-2H3. The number of nitrogens with two attached hydrogens (primary N) is 1. The first-order chi connectivity index (χ1) is 9.77. The van der Waals surface area contributed by atoms with E-state index in [9.17, 15) is 13.2 Å². The van der Waals surface area contributed by atoms with E-state index in [1.165, 1.54) is 6.07 Å². The van der Waals surface area contributed by atoms with Crippen molar-refractivity contribution >= 4 is 5.69 Å². The van der Waals surface area contributed by atoms with Crippen LogP contribution in [0.15, 0.2) is 42.5 Å². The summed E-state index contributed by atoms with van der Waals surface area (Å²) in [5, 5.41) is 0. The second-order valence-electron chi connectivity index (χ2n) is 5.08. The van der Waals surface area contributed by atoms with Crippen molar-refractivity contribution in [2.45, 2.75) is 25.9 Å². The van der Waals surface area contributed by atoms with Crippen LogP contribution in [0, 0.1) is 0 Å². The van der Waals surface area contributed by atoms with Crippen LogP contribution < -0.4 is 10.5 Å². The molecule has 0 bridgehead atoms. The molecule has 0 heterocycles. The fourth-order valence-electron chi connectivity index (χ4n) is 1.88. The van der Waals surface area contributed by atoms with Gasteiger partial charge in [-0.2, -0.15) is 13.2 Å². The fourth-order valence-corrected chi connectivity index (χ4v) is 1.88. The van der Waals surface area contributed by atoms with Gasteiger partial charge in [0, 0.05) is 0 Å². The molecule has 2 aromatic rings. The van der Waals surface area contributed by atoms with Gasteiger partial charge in [-0.3, -0.25) is 0 Å². The summed E-state index contributed by atoms with van der Waals surface area (Å²) in [4.78, 5) is 0. The van der Waals surface area contributed by atoms with E-state index in [2.05, 4.69) is 0 Å². The topological polar surface area (TPSA) is 35.2 Å². The van der Waals surface area contributed by atoms with E-state index < -0.39 is 11.7 Å². The molecule has 2 rings (SSSR count). The van der Waals surface area contributed by atoms with Gasteiger partial charge in [0.05, 0.1) is 11.3 Å². The van der Waals surface area contributed by atoms with Crippen LogP contribution in [0.25, 0.3) is 0 Å². The van der Waals surface area contributed by atoms with Crippen molar-refractivity contribution in [3.8, 4) is 11.5 Å². The third-order valence-corrected chi connectivity index (χ3v) is 3.09. The summed E-state index contributed by atoms with van der Waals surface area (Å²) in [5.41, 5.74) is 5.89. The first kappa shape index (κ1) is 15.2. The molecule has 2 nitrogen and oxygen atoms in total. The molecule has 0 aliphatic heterocycles. The normalized spacial score (nSPS) is 11.7. The summed E-state index contributed by atoms with van der Waals surface area (Å²) in [6, 6.07) is 10.5. The number of alkyl halides is 3. The molecule has 0 unspecified atom stereocenters. The molecule has 0 saturated heterocycles.